The lowest BCUT2D eigenvalue weighted by molar-refractivity contribution is -0.120. The van der Waals surface area contributed by atoms with E-state index in [2.05, 4.69) is 20.8 Å². The minimum Gasteiger partial charge on any atom is -0.325 e. The van der Waals surface area contributed by atoms with Crippen molar-refractivity contribution in [1.29, 1.82) is 0 Å². The number of nitrogens with one attached hydrogen (secondary N) is 2. The number of aryl methyl sites for hydroxylation is 1. The Balaban J connectivity index is 1.32. The Bertz CT molecular complexity index is 1180. The molecule has 2 N–H and O–H groups in total. The van der Waals surface area contributed by atoms with Gasteiger partial charge in [0, 0.05) is 24.3 Å². The monoisotopic (exact) mass is 423 g/mol. The molecule has 30 heavy (non-hydrogen) atoms. The van der Waals surface area contributed by atoms with Gasteiger partial charge in [0.1, 0.15) is 10.8 Å². The van der Waals surface area contributed by atoms with Gasteiger partial charge in [-0.05, 0) is 42.7 Å². The van der Waals surface area contributed by atoms with Crippen molar-refractivity contribution in [3.05, 3.63) is 59.4 Å². The van der Waals surface area contributed by atoms with Gasteiger partial charge < -0.3 is 10.2 Å². The number of carbonyl (C=O) groups is 2. The molecule has 1 fully saturated rings. The molecule has 7 nitrogen and oxygen atoms in total. The van der Waals surface area contributed by atoms with Crippen molar-refractivity contribution >= 4 is 34.1 Å². The number of amides is 3. The molecule has 2 aliphatic rings. The van der Waals surface area contributed by atoms with Crippen LogP contribution in [0.15, 0.2) is 42.5 Å². The first-order valence-corrected chi connectivity index (χ1v) is 10.3. The first-order chi connectivity index (χ1) is 14.5. The molecule has 0 bridgehead atoms. The molecule has 152 valence electrons. The van der Waals surface area contributed by atoms with Crippen LogP contribution < -0.4 is 10.6 Å². The summed E-state index contributed by atoms with van der Waals surface area (Å²) >= 11 is 1.18. The van der Waals surface area contributed by atoms with Crippen molar-refractivity contribution in [3.8, 4) is 10.6 Å². The molecule has 2 aliphatic heterocycles. The van der Waals surface area contributed by atoms with Crippen LogP contribution in [0, 0.1) is 12.7 Å². The average molecular weight is 423 g/mol. The fourth-order valence-corrected chi connectivity index (χ4v) is 4.95. The zero-order valence-corrected chi connectivity index (χ0v) is 16.9. The first kappa shape index (κ1) is 18.7. The van der Waals surface area contributed by atoms with Gasteiger partial charge in [0.2, 0.25) is 11.0 Å². The smallest absolute Gasteiger partial charge is 0.323 e. The second-order valence-corrected chi connectivity index (χ2v) is 8.53. The summed E-state index contributed by atoms with van der Waals surface area (Å²) < 4.78 is 13.6. The number of aromatic nitrogens is 2. The van der Waals surface area contributed by atoms with Crippen molar-refractivity contribution in [2.75, 3.05) is 23.7 Å². The van der Waals surface area contributed by atoms with E-state index in [1.807, 2.05) is 31.2 Å². The van der Waals surface area contributed by atoms with Crippen LogP contribution in [0.4, 0.5) is 20.0 Å². The zero-order chi connectivity index (χ0) is 20.9. The molecule has 9 heteroatoms. The highest BCUT2D eigenvalue weighted by Crippen LogP contribution is 2.44. The minimum absolute atomic E-state index is 0.0706. The molecule has 1 atom stereocenters. The van der Waals surface area contributed by atoms with Crippen LogP contribution >= 0.6 is 11.3 Å². The maximum absolute atomic E-state index is 13.6. The maximum atomic E-state index is 13.6. The standard InChI is InChI=1S/C21H18FN5O2S/c1-12-6-7-13(22)10-14(12)17-25-26-19(30-17)24-20(29)27-9-8-21(11-27)15-4-2-3-5-16(15)23-18(21)28/h2-7,10H,8-9,11H2,1H3,(H,23,28)(H,24,26,29). The number of halogens is 1. The van der Waals surface area contributed by atoms with Crippen LogP contribution in [0.5, 0.6) is 0 Å². The third-order valence-corrected chi connectivity index (χ3v) is 6.62. The fraction of sp³-hybridized carbons (Fsp3) is 0.238. The third kappa shape index (κ3) is 2.93. The molecule has 3 aromatic rings. The lowest BCUT2D eigenvalue weighted by atomic mass is 9.81. The first-order valence-electron chi connectivity index (χ1n) is 9.53. The highest BCUT2D eigenvalue weighted by Gasteiger charge is 2.52. The Kier molecular flexibility index (Phi) is 4.28. The number of benzene rings is 2. The molecule has 2 aromatic carbocycles. The van der Waals surface area contributed by atoms with Gasteiger partial charge in [-0.3, -0.25) is 10.1 Å². The van der Waals surface area contributed by atoms with E-state index in [9.17, 15) is 14.0 Å². The maximum Gasteiger partial charge on any atom is 0.323 e. The number of anilines is 2. The molecule has 1 aromatic heterocycles. The molecule has 0 aliphatic carbocycles. The molecular formula is C21H18FN5O2S. The lowest BCUT2D eigenvalue weighted by Crippen LogP contribution is -2.40. The van der Waals surface area contributed by atoms with Gasteiger partial charge in [-0.25, -0.2) is 9.18 Å². The SMILES string of the molecule is Cc1ccc(F)cc1-c1nnc(NC(=O)N2CCC3(C2)C(=O)Nc2ccccc23)s1. The van der Waals surface area contributed by atoms with E-state index < -0.39 is 5.41 Å². The van der Waals surface area contributed by atoms with E-state index in [0.717, 1.165) is 16.8 Å². The van der Waals surface area contributed by atoms with Crippen molar-refractivity contribution in [1.82, 2.24) is 15.1 Å². The molecule has 3 amide bonds. The van der Waals surface area contributed by atoms with E-state index in [1.54, 1.807) is 11.0 Å². The van der Waals surface area contributed by atoms with E-state index in [0.29, 0.717) is 35.2 Å². The molecular weight excluding hydrogens is 405 g/mol. The number of nitrogens with zero attached hydrogens (tertiary/aromatic N) is 3. The number of carbonyl (C=O) groups excluding carboxylic acids is 2. The lowest BCUT2D eigenvalue weighted by Gasteiger charge is -2.22. The number of fused-ring (bicyclic) bond motifs is 2. The van der Waals surface area contributed by atoms with E-state index in [-0.39, 0.29) is 17.8 Å². The summed E-state index contributed by atoms with van der Waals surface area (Å²) in [6.45, 7) is 2.63. The van der Waals surface area contributed by atoms with Crippen LogP contribution in [-0.2, 0) is 10.2 Å². The second-order valence-electron chi connectivity index (χ2n) is 7.56. The molecule has 5 rings (SSSR count). The predicted octanol–water partition coefficient (Wildman–Crippen LogP) is 3.78. The van der Waals surface area contributed by atoms with E-state index >= 15 is 0 Å². The van der Waals surface area contributed by atoms with Gasteiger partial charge in [0.05, 0.1) is 5.41 Å². The van der Waals surface area contributed by atoms with Crippen molar-refractivity contribution in [2.45, 2.75) is 18.8 Å². The molecule has 1 unspecified atom stereocenters. The normalized spacial score (nSPS) is 19.8. The summed E-state index contributed by atoms with van der Waals surface area (Å²) in [5.74, 6) is -0.423. The summed E-state index contributed by atoms with van der Waals surface area (Å²) in [4.78, 5) is 27.1. The predicted molar refractivity (Wildman–Crippen MR) is 112 cm³/mol. The molecule has 1 spiro atoms. The van der Waals surface area contributed by atoms with Crippen LogP contribution in [0.2, 0.25) is 0 Å². The van der Waals surface area contributed by atoms with Crippen molar-refractivity contribution in [3.63, 3.8) is 0 Å². The van der Waals surface area contributed by atoms with Gasteiger partial charge in [-0.2, -0.15) is 0 Å². The minimum atomic E-state index is -0.709. The summed E-state index contributed by atoms with van der Waals surface area (Å²) in [5.41, 5.74) is 2.55. The van der Waals surface area contributed by atoms with Crippen molar-refractivity contribution in [2.24, 2.45) is 0 Å². The van der Waals surface area contributed by atoms with Gasteiger partial charge in [0.25, 0.3) is 0 Å². The molecule has 0 radical (unpaired) electrons. The van der Waals surface area contributed by atoms with Crippen LogP contribution in [0.25, 0.3) is 10.6 Å². The Morgan fingerprint density at radius 1 is 1.27 bits per heavy atom. The number of urea groups is 1. The highest BCUT2D eigenvalue weighted by molar-refractivity contribution is 7.18. The van der Waals surface area contributed by atoms with E-state index in [4.69, 9.17) is 0 Å². The summed E-state index contributed by atoms with van der Waals surface area (Å²) in [7, 11) is 0. The number of para-hydroxylation sites is 1. The number of rotatable bonds is 2. The molecule has 3 heterocycles. The van der Waals surface area contributed by atoms with Crippen LogP contribution in [-0.4, -0.2) is 40.1 Å². The molecule has 1 saturated heterocycles. The Morgan fingerprint density at radius 3 is 2.97 bits per heavy atom. The topological polar surface area (TPSA) is 87.2 Å². The Morgan fingerprint density at radius 2 is 2.10 bits per heavy atom. The Hall–Kier alpha value is -3.33. The van der Waals surface area contributed by atoms with Gasteiger partial charge in [-0.1, -0.05) is 35.6 Å². The summed E-state index contributed by atoms with van der Waals surface area (Å²) in [6.07, 6.45) is 0.563. The zero-order valence-electron chi connectivity index (χ0n) is 16.1. The van der Waals surface area contributed by atoms with Crippen molar-refractivity contribution < 1.29 is 14.0 Å². The van der Waals surface area contributed by atoms with Crippen LogP contribution in [0.1, 0.15) is 17.5 Å². The quantitative estimate of drug-likeness (QED) is 0.657. The number of hydrogen-bond donors (Lipinski definition) is 2. The summed E-state index contributed by atoms with van der Waals surface area (Å²) in [5, 5.41) is 14.7. The number of hydrogen-bond acceptors (Lipinski definition) is 5. The average Bonchev–Trinajstić information content (AvgIpc) is 3.44. The summed E-state index contributed by atoms with van der Waals surface area (Å²) in [6, 6.07) is 11.7. The third-order valence-electron chi connectivity index (χ3n) is 5.75. The van der Waals surface area contributed by atoms with Gasteiger partial charge in [0.15, 0.2) is 0 Å². The molecule has 0 saturated carbocycles. The second kappa shape index (κ2) is 6.88. The van der Waals surface area contributed by atoms with Crippen LogP contribution in [0.3, 0.4) is 0 Å². The van der Waals surface area contributed by atoms with Gasteiger partial charge >= 0.3 is 6.03 Å². The number of likely N-dealkylation sites (tertiary alicyclic amines) is 1. The fourth-order valence-electron chi connectivity index (χ4n) is 4.14. The largest absolute Gasteiger partial charge is 0.325 e. The Labute approximate surface area is 175 Å². The van der Waals surface area contributed by atoms with E-state index in [1.165, 1.54) is 23.5 Å². The highest BCUT2D eigenvalue weighted by atomic mass is 32.1. The van der Waals surface area contributed by atoms with Gasteiger partial charge in [-0.15, -0.1) is 10.2 Å².